The van der Waals surface area contributed by atoms with Gasteiger partial charge in [-0.1, -0.05) is 103 Å². The lowest BCUT2D eigenvalue weighted by atomic mass is 10.1. The summed E-state index contributed by atoms with van der Waals surface area (Å²) in [6, 6.07) is 17.0. The Balaban J connectivity index is 0.00000265. The molecule has 2 rings (SSSR count). The second kappa shape index (κ2) is 18.8. The van der Waals surface area contributed by atoms with Crippen LogP contribution >= 0.6 is 0 Å². The van der Waals surface area contributed by atoms with Crippen molar-refractivity contribution < 1.29 is 9.53 Å². The summed E-state index contributed by atoms with van der Waals surface area (Å²) in [5.41, 5.74) is 1.84. The molecule has 2 N–H and O–H groups in total. The number of amides is 1. The highest BCUT2D eigenvalue weighted by atomic mass is 16.5. The highest BCUT2D eigenvalue weighted by molar-refractivity contribution is 6.05. The molecule has 0 aliphatic carbocycles. The van der Waals surface area contributed by atoms with Crippen LogP contribution in [0.3, 0.4) is 0 Å². The predicted octanol–water partition coefficient (Wildman–Crippen LogP) is 8.58. The van der Waals surface area contributed by atoms with Crippen LogP contribution in [0.15, 0.2) is 66.9 Å². The van der Waals surface area contributed by atoms with E-state index in [1.165, 1.54) is 57.8 Å². The zero-order chi connectivity index (χ0) is 24.2. The Morgan fingerprint density at radius 2 is 1.24 bits per heavy atom. The largest absolute Gasteiger partial charge is 0.494 e. The van der Waals surface area contributed by atoms with Crippen LogP contribution < -0.4 is 15.4 Å². The summed E-state index contributed by atoms with van der Waals surface area (Å²) in [4.78, 5) is 12.2. The van der Waals surface area contributed by atoms with Crippen molar-refractivity contribution in [3.05, 3.63) is 66.9 Å². The molecule has 0 spiro atoms. The van der Waals surface area contributed by atoms with Crippen molar-refractivity contribution >= 4 is 17.3 Å². The molecule has 0 bridgehead atoms. The lowest BCUT2D eigenvalue weighted by molar-refractivity contribution is -0.112. The normalized spacial score (nSPS) is 10.0. The van der Waals surface area contributed by atoms with Crippen LogP contribution in [-0.2, 0) is 4.79 Å². The first-order chi connectivity index (χ1) is 16.2. The number of ether oxygens (including phenoxy) is 1. The van der Waals surface area contributed by atoms with Crippen LogP contribution in [0.1, 0.15) is 85.0 Å². The SMILES string of the molecule is C=C(Nc1ccc(OCCCCCCCCCCCC)cc1)C(=O)Nc1ccccc1.CC. The number of hydrogen-bond donors (Lipinski definition) is 2. The Hall–Kier alpha value is -2.75. The third-order valence-electron chi connectivity index (χ3n) is 5.22. The number of hydrogen-bond acceptors (Lipinski definition) is 3. The third kappa shape index (κ3) is 13.4. The fourth-order valence-electron chi connectivity index (χ4n) is 3.37. The van der Waals surface area contributed by atoms with Crippen LogP contribution in [0.4, 0.5) is 11.4 Å². The van der Waals surface area contributed by atoms with Gasteiger partial charge in [0.15, 0.2) is 0 Å². The van der Waals surface area contributed by atoms with Crippen molar-refractivity contribution in [3.8, 4) is 5.75 Å². The average molecular weight is 453 g/mol. The van der Waals surface area contributed by atoms with E-state index in [2.05, 4.69) is 24.1 Å². The van der Waals surface area contributed by atoms with Crippen molar-refractivity contribution in [2.75, 3.05) is 17.2 Å². The van der Waals surface area contributed by atoms with Gasteiger partial charge in [0.25, 0.3) is 5.91 Å². The van der Waals surface area contributed by atoms with E-state index in [0.717, 1.165) is 30.2 Å². The number of carbonyl (C=O) groups excluding carboxylic acids is 1. The predicted molar refractivity (Wildman–Crippen MR) is 143 cm³/mol. The molecular weight excluding hydrogens is 408 g/mol. The van der Waals surface area contributed by atoms with Crippen LogP contribution in [0.5, 0.6) is 5.75 Å². The van der Waals surface area contributed by atoms with Gasteiger partial charge in [-0.15, -0.1) is 0 Å². The van der Waals surface area contributed by atoms with E-state index >= 15 is 0 Å². The van der Waals surface area contributed by atoms with E-state index < -0.39 is 0 Å². The van der Waals surface area contributed by atoms with Gasteiger partial charge in [0, 0.05) is 11.4 Å². The third-order valence-corrected chi connectivity index (χ3v) is 5.22. The molecule has 1 amide bonds. The van der Waals surface area contributed by atoms with E-state index in [0.29, 0.717) is 5.70 Å². The fraction of sp³-hybridized carbons (Fsp3) is 0.483. The number of rotatable bonds is 16. The zero-order valence-corrected chi connectivity index (χ0v) is 21.0. The molecule has 4 heteroatoms. The van der Waals surface area contributed by atoms with Gasteiger partial charge in [-0.25, -0.2) is 0 Å². The number of benzene rings is 2. The second-order valence-electron chi connectivity index (χ2n) is 7.98. The Morgan fingerprint density at radius 3 is 1.82 bits per heavy atom. The van der Waals surface area contributed by atoms with Gasteiger partial charge in [-0.05, 0) is 42.8 Å². The molecule has 0 aliphatic heterocycles. The molecule has 0 radical (unpaired) electrons. The molecule has 33 heavy (non-hydrogen) atoms. The molecule has 2 aromatic rings. The van der Waals surface area contributed by atoms with Gasteiger partial charge >= 0.3 is 0 Å². The molecule has 4 nitrogen and oxygen atoms in total. The second-order valence-corrected chi connectivity index (χ2v) is 7.98. The minimum absolute atomic E-state index is 0.257. The first-order valence-electron chi connectivity index (χ1n) is 12.7. The minimum atomic E-state index is -0.257. The highest BCUT2D eigenvalue weighted by Crippen LogP contribution is 2.18. The van der Waals surface area contributed by atoms with Crippen molar-refractivity contribution in [1.82, 2.24) is 0 Å². The zero-order valence-electron chi connectivity index (χ0n) is 21.0. The van der Waals surface area contributed by atoms with Crippen LogP contribution in [0.2, 0.25) is 0 Å². The topological polar surface area (TPSA) is 50.4 Å². The van der Waals surface area contributed by atoms with E-state index in [4.69, 9.17) is 4.74 Å². The maximum absolute atomic E-state index is 12.2. The van der Waals surface area contributed by atoms with E-state index in [1.54, 1.807) is 0 Å². The summed E-state index contributed by atoms with van der Waals surface area (Å²) in [6.45, 7) is 10.8. The molecule has 0 saturated heterocycles. The van der Waals surface area contributed by atoms with Gasteiger partial charge < -0.3 is 15.4 Å². The Morgan fingerprint density at radius 1 is 0.727 bits per heavy atom. The summed E-state index contributed by atoms with van der Waals surface area (Å²) in [6.07, 6.45) is 13.2. The van der Waals surface area contributed by atoms with Crippen LogP contribution in [-0.4, -0.2) is 12.5 Å². The number of unbranched alkanes of at least 4 members (excludes halogenated alkanes) is 9. The van der Waals surface area contributed by atoms with E-state index in [-0.39, 0.29) is 5.91 Å². The van der Waals surface area contributed by atoms with Gasteiger partial charge in [0.1, 0.15) is 5.75 Å². The van der Waals surface area contributed by atoms with Gasteiger partial charge in [-0.3, -0.25) is 4.79 Å². The molecule has 0 saturated carbocycles. The standard InChI is InChI=1S/C27H38N2O2.C2H6/c1-3-4-5-6-7-8-9-10-11-15-22-31-26-20-18-25(19-21-26)28-23(2)27(30)29-24-16-13-12-14-17-24;1-2/h12-14,16-21,28H,2-11,15,22H2,1H3,(H,29,30);1-2H3. The van der Waals surface area contributed by atoms with Gasteiger partial charge in [0.2, 0.25) is 0 Å². The van der Waals surface area contributed by atoms with Crippen molar-refractivity contribution in [1.29, 1.82) is 0 Å². The van der Waals surface area contributed by atoms with Gasteiger partial charge in [0.05, 0.1) is 12.3 Å². The van der Waals surface area contributed by atoms with E-state index in [1.807, 2.05) is 68.4 Å². The maximum atomic E-state index is 12.2. The summed E-state index contributed by atoms with van der Waals surface area (Å²) in [7, 11) is 0. The van der Waals surface area contributed by atoms with Crippen molar-refractivity contribution in [2.24, 2.45) is 0 Å². The lowest BCUT2D eigenvalue weighted by Crippen LogP contribution is -2.18. The van der Waals surface area contributed by atoms with E-state index in [9.17, 15) is 4.79 Å². The molecule has 0 unspecified atom stereocenters. The Bertz CT molecular complexity index is 757. The quantitative estimate of drug-likeness (QED) is 0.198. The average Bonchev–Trinajstić information content (AvgIpc) is 2.85. The molecule has 0 fully saturated rings. The number of anilines is 2. The molecule has 182 valence electrons. The van der Waals surface area contributed by atoms with Gasteiger partial charge in [-0.2, -0.15) is 0 Å². The Kier molecular flexibility index (Phi) is 16.1. The van der Waals surface area contributed by atoms with Crippen molar-refractivity contribution in [2.45, 2.75) is 85.0 Å². The Labute approximate surface area is 201 Å². The number of carbonyl (C=O) groups is 1. The molecule has 2 aromatic carbocycles. The number of para-hydroxylation sites is 1. The molecular formula is C29H44N2O2. The summed E-state index contributed by atoms with van der Waals surface area (Å²) in [5.74, 6) is 0.591. The highest BCUT2D eigenvalue weighted by Gasteiger charge is 2.07. The van der Waals surface area contributed by atoms with Crippen LogP contribution in [0.25, 0.3) is 0 Å². The molecule has 0 atom stereocenters. The fourth-order valence-corrected chi connectivity index (χ4v) is 3.37. The summed E-state index contributed by atoms with van der Waals surface area (Å²) in [5, 5.41) is 5.85. The van der Waals surface area contributed by atoms with Crippen molar-refractivity contribution in [3.63, 3.8) is 0 Å². The first kappa shape index (κ1) is 28.3. The number of nitrogens with one attached hydrogen (secondary N) is 2. The summed E-state index contributed by atoms with van der Waals surface area (Å²) >= 11 is 0. The monoisotopic (exact) mass is 452 g/mol. The molecule has 0 aromatic heterocycles. The smallest absolute Gasteiger partial charge is 0.271 e. The van der Waals surface area contributed by atoms with Crippen LogP contribution in [0, 0.1) is 0 Å². The maximum Gasteiger partial charge on any atom is 0.271 e. The first-order valence-corrected chi connectivity index (χ1v) is 12.7. The minimum Gasteiger partial charge on any atom is -0.494 e. The lowest BCUT2D eigenvalue weighted by Gasteiger charge is -2.11. The molecule has 0 heterocycles. The summed E-state index contributed by atoms with van der Waals surface area (Å²) < 4.78 is 5.83. The molecule has 0 aliphatic rings.